The molecule has 0 saturated carbocycles. The maximum absolute atomic E-state index is 13.4. The number of aromatic nitrogens is 4. The van der Waals surface area contributed by atoms with Crippen molar-refractivity contribution in [1.82, 2.24) is 24.8 Å². The summed E-state index contributed by atoms with van der Waals surface area (Å²) in [4.78, 5) is 52.0. The van der Waals surface area contributed by atoms with Gasteiger partial charge in [-0.25, -0.2) is 19.7 Å². The Hall–Kier alpha value is -5.44. The fraction of sp³-hybridized carbons (Fsp3) is 0.350. The maximum atomic E-state index is 13.4. The van der Waals surface area contributed by atoms with E-state index in [1.54, 1.807) is 28.8 Å². The molecule has 54 heavy (non-hydrogen) atoms. The van der Waals surface area contributed by atoms with Gasteiger partial charge in [-0.05, 0) is 52.5 Å². The Morgan fingerprint density at radius 1 is 0.907 bits per heavy atom. The van der Waals surface area contributed by atoms with E-state index in [1.165, 1.54) is 12.7 Å². The number of benzene rings is 3. The highest BCUT2D eigenvalue weighted by atomic mass is 28.4. The predicted molar refractivity (Wildman–Crippen MR) is 205 cm³/mol. The Bertz CT molecular complexity index is 2140. The number of aliphatic carboxylic acids is 1. The molecule has 2 aromatic heterocycles. The van der Waals surface area contributed by atoms with Crippen LogP contribution in [0, 0.1) is 5.92 Å². The first kappa shape index (κ1) is 36.9. The Balaban J connectivity index is 1.15. The molecule has 280 valence electrons. The van der Waals surface area contributed by atoms with Gasteiger partial charge in [-0.2, -0.15) is 0 Å². The average Bonchev–Trinajstić information content (AvgIpc) is 3.81. The Morgan fingerprint density at radius 2 is 1.56 bits per heavy atom. The second kappa shape index (κ2) is 14.8. The second-order valence-corrected chi connectivity index (χ2v) is 20.0. The lowest BCUT2D eigenvalue weighted by molar-refractivity contribution is -0.141. The molecular weight excluding hydrogens is 705 g/mol. The number of carboxylic acid groups (broad SMARTS) is 1. The van der Waals surface area contributed by atoms with Crippen LogP contribution in [0.1, 0.15) is 60.8 Å². The van der Waals surface area contributed by atoms with E-state index in [1.807, 2.05) is 30.3 Å². The minimum Gasteiger partial charge on any atom is -0.481 e. The fourth-order valence-electron chi connectivity index (χ4n) is 7.04. The van der Waals surface area contributed by atoms with Gasteiger partial charge < -0.3 is 29.6 Å². The second-order valence-electron chi connectivity index (χ2n) is 15.2. The summed E-state index contributed by atoms with van der Waals surface area (Å²) in [6.07, 6.45) is -0.513. The van der Waals surface area contributed by atoms with Crippen molar-refractivity contribution in [2.24, 2.45) is 5.92 Å². The number of nitrogens with one attached hydrogen (secondary N) is 2. The zero-order chi connectivity index (χ0) is 38.2. The van der Waals surface area contributed by atoms with Gasteiger partial charge in [0.2, 0.25) is 0 Å². The summed E-state index contributed by atoms with van der Waals surface area (Å²) >= 11 is 0. The lowest BCUT2D eigenvalue weighted by Gasteiger charge is -2.41. The van der Waals surface area contributed by atoms with Gasteiger partial charge in [0.1, 0.15) is 12.9 Å². The van der Waals surface area contributed by atoms with Gasteiger partial charge in [0, 0.05) is 23.9 Å². The van der Waals surface area contributed by atoms with Gasteiger partial charge in [0.25, 0.3) is 5.91 Å². The van der Waals surface area contributed by atoms with E-state index in [-0.39, 0.29) is 42.3 Å². The number of imidazole rings is 1. The number of rotatable bonds is 11. The number of amides is 2. The number of carboxylic acids is 1. The summed E-state index contributed by atoms with van der Waals surface area (Å²) < 4.78 is 21.1. The zero-order valence-electron chi connectivity index (χ0n) is 30.9. The molecule has 3 heterocycles. The van der Waals surface area contributed by atoms with E-state index in [4.69, 9.17) is 13.9 Å². The molecule has 3 N–H and O–H groups in total. The van der Waals surface area contributed by atoms with E-state index >= 15 is 0 Å². The molecule has 1 aliphatic heterocycles. The highest BCUT2D eigenvalue weighted by Gasteiger charge is 2.51. The number of carbonyl (C=O) groups is 3. The molecule has 0 unspecified atom stereocenters. The van der Waals surface area contributed by atoms with Crippen molar-refractivity contribution >= 4 is 43.3 Å². The smallest absolute Gasteiger partial charge is 0.407 e. The van der Waals surface area contributed by atoms with Crippen molar-refractivity contribution in [3.8, 4) is 11.1 Å². The zero-order valence-corrected chi connectivity index (χ0v) is 31.9. The fourth-order valence-corrected chi connectivity index (χ4v) is 8.36. The monoisotopic (exact) mass is 748 g/mol. The van der Waals surface area contributed by atoms with Crippen LogP contribution in [0.4, 0.5) is 10.6 Å². The Morgan fingerprint density at radius 3 is 2.20 bits per heavy atom. The van der Waals surface area contributed by atoms with E-state index in [2.05, 4.69) is 83.7 Å². The number of ether oxygens (including phenoxy) is 2. The first-order valence-electron chi connectivity index (χ1n) is 18.0. The number of anilines is 1. The van der Waals surface area contributed by atoms with Crippen molar-refractivity contribution in [2.75, 3.05) is 18.5 Å². The van der Waals surface area contributed by atoms with Crippen LogP contribution in [-0.4, -0.2) is 76.3 Å². The molecule has 2 amide bonds. The van der Waals surface area contributed by atoms with Crippen LogP contribution >= 0.6 is 0 Å². The number of alkyl carbamates (subject to hydrolysis) is 1. The van der Waals surface area contributed by atoms with Crippen molar-refractivity contribution in [3.05, 3.63) is 108 Å². The Labute approximate surface area is 314 Å². The summed E-state index contributed by atoms with van der Waals surface area (Å²) in [5, 5.41) is 15.5. The van der Waals surface area contributed by atoms with Gasteiger partial charge in [-0.15, -0.1) is 0 Å². The highest BCUT2D eigenvalue weighted by Crippen LogP contribution is 2.46. The molecule has 1 fully saturated rings. The molecule has 3 aromatic carbocycles. The Kier molecular flexibility index (Phi) is 10.1. The van der Waals surface area contributed by atoms with Crippen LogP contribution in [0.2, 0.25) is 18.1 Å². The van der Waals surface area contributed by atoms with Gasteiger partial charge in [-0.3, -0.25) is 14.2 Å². The van der Waals surface area contributed by atoms with Crippen molar-refractivity contribution < 1.29 is 33.4 Å². The van der Waals surface area contributed by atoms with E-state index in [9.17, 15) is 19.5 Å². The number of nitrogens with zero attached hydrogens (tertiary/aromatic N) is 4. The lowest BCUT2D eigenvalue weighted by atomic mass is 9.95. The van der Waals surface area contributed by atoms with Crippen LogP contribution in [0.5, 0.6) is 0 Å². The predicted octanol–water partition coefficient (Wildman–Crippen LogP) is 7.00. The van der Waals surface area contributed by atoms with Gasteiger partial charge in [-0.1, -0.05) is 87.5 Å². The quantitative estimate of drug-likeness (QED) is 0.120. The molecular formula is C40H44N6O7Si. The first-order chi connectivity index (χ1) is 25.8. The molecule has 1 saturated heterocycles. The topological polar surface area (TPSA) is 167 Å². The molecule has 13 nitrogen and oxygen atoms in total. The number of hydrogen-bond donors (Lipinski definition) is 3. The highest BCUT2D eigenvalue weighted by molar-refractivity contribution is 6.74. The van der Waals surface area contributed by atoms with E-state index in [0.717, 1.165) is 22.3 Å². The third-order valence-electron chi connectivity index (χ3n) is 10.8. The third-order valence-corrected chi connectivity index (χ3v) is 15.3. The molecule has 0 bridgehead atoms. The molecule has 0 spiro atoms. The summed E-state index contributed by atoms with van der Waals surface area (Å²) in [7, 11) is -2.52. The summed E-state index contributed by atoms with van der Waals surface area (Å²) in [5.41, 5.74) is 5.59. The molecule has 5 aromatic rings. The SMILES string of the molecule is CC(C)(C)[Si](C)(C)O[C@@H]1[C@H](CNC(=O)OCC2c3ccccc3-c3ccccc32)[C@@H](CC(=O)O)O[C@H]1n1cnc2c(NC(=O)c3ccccc3)ncnc21. The molecule has 4 atom stereocenters. The third kappa shape index (κ3) is 7.24. The first-order valence-corrected chi connectivity index (χ1v) is 20.9. The van der Waals surface area contributed by atoms with Crippen molar-refractivity contribution in [1.29, 1.82) is 0 Å². The molecule has 2 aliphatic rings. The van der Waals surface area contributed by atoms with Crippen LogP contribution in [0.15, 0.2) is 91.5 Å². The number of fused-ring (bicyclic) bond motifs is 4. The van der Waals surface area contributed by atoms with Gasteiger partial charge in [0.15, 0.2) is 31.5 Å². The number of carbonyl (C=O) groups excluding carboxylic acids is 2. The largest absolute Gasteiger partial charge is 0.481 e. The lowest BCUT2D eigenvalue weighted by Crippen LogP contribution is -2.49. The van der Waals surface area contributed by atoms with Crippen LogP contribution < -0.4 is 10.6 Å². The molecule has 0 radical (unpaired) electrons. The van der Waals surface area contributed by atoms with Crippen molar-refractivity contribution in [3.63, 3.8) is 0 Å². The normalized spacial score (nSPS) is 19.6. The van der Waals surface area contributed by atoms with Gasteiger partial charge >= 0.3 is 12.1 Å². The standard InChI is InChI=1S/C40H44N6O7Si/c1-40(2,3)54(4,5)53-34-29(20-41-39(50)51-21-30-27-17-11-9-15-25(27)26-16-10-12-18-28(26)30)31(19-32(47)48)52-38(34)46-23-44-33-35(42-22-43-36(33)46)45-37(49)24-13-7-6-8-14-24/h6-18,22-23,29-31,34,38H,19-21H2,1-5H3,(H,41,50)(H,47,48)(H,42,43,45,49)/t29-,31-,34-,38-/m1/s1. The van der Waals surface area contributed by atoms with Crippen LogP contribution in [-0.2, 0) is 18.7 Å². The summed E-state index contributed by atoms with van der Waals surface area (Å²) in [6.45, 7) is 10.7. The minimum atomic E-state index is -2.52. The molecule has 14 heteroatoms. The molecule has 1 aliphatic carbocycles. The van der Waals surface area contributed by atoms with Crippen molar-refractivity contribution in [2.45, 2.75) is 69.7 Å². The molecule has 7 rings (SSSR count). The summed E-state index contributed by atoms with van der Waals surface area (Å²) in [6, 6.07) is 25.0. The maximum Gasteiger partial charge on any atom is 0.407 e. The van der Waals surface area contributed by atoms with Crippen LogP contribution in [0.3, 0.4) is 0 Å². The minimum absolute atomic E-state index is 0.0321. The summed E-state index contributed by atoms with van der Waals surface area (Å²) in [5.74, 6) is -1.90. The van der Waals surface area contributed by atoms with E-state index in [0.29, 0.717) is 16.7 Å². The van der Waals surface area contributed by atoms with Gasteiger partial charge in [0.05, 0.1) is 25.0 Å². The van der Waals surface area contributed by atoms with Crippen LogP contribution in [0.25, 0.3) is 22.3 Å². The van der Waals surface area contributed by atoms with E-state index < -0.39 is 44.7 Å². The number of hydrogen-bond acceptors (Lipinski definition) is 9. The average molecular weight is 749 g/mol.